The van der Waals surface area contributed by atoms with E-state index in [9.17, 15) is 0 Å². The van der Waals surface area contributed by atoms with Crippen LogP contribution in [-0.2, 0) is 5.41 Å². The van der Waals surface area contributed by atoms with E-state index in [1.54, 1.807) is 0 Å². The molecule has 0 saturated heterocycles. The molecule has 0 N–H and O–H groups in total. The van der Waals surface area contributed by atoms with Crippen molar-refractivity contribution in [2.75, 3.05) is 0 Å². The van der Waals surface area contributed by atoms with E-state index in [0.29, 0.717) is 0 Å². The van der Waals surface area contributed by atoms with Gasteiger partial charge in [-0.1, -0.05) is 130 Å². The summed E-state index contributed by atoms with van der Waals surface area (Å²) in [7, 11) is 0. The van der Waals surface area contributed by atoms with Crippen LogP contribution in [0.15, 0.2) is 151 Å². The Hall–Kier alpha value is -5.73. The SMILES string of the molecule is C=CC1=C(C)C(C)(C)c2cc3c(cc21)c1c(C=C)c(/C=C\C)ccc1n3-c1ccc(/C(C)=C/C(=NC(=C)c2ccccc2)C2=CC=CCC2)cc1. The average molecular weight is 663 g/mol. The second-order valence-electron chi connectivity index (χ2n) is 14.1. The standard InChI is InChI=1S/C49H46N2/c1-9-18-37-25-28-46-48(41(37)11-3)43-30-42-40(10-2)33(5)49(7,8)44(42)31-47(43)51(46)39-26-23-35(24-27-39)32(4)29-45(38-21-16-13-17-22-38)50-34(6)36-19-14-12-15-20-36/h9-16,18-21,23-31H,2-3,6,17,22H2,1,4-5,7-8H3/b18-9-,32-29+,50-45?. The van der Waals surface area contributed by atoms with E-state index in [-0.39, 0.29) is 5.41 Å². The van der Waals surface area contributed by atoms with Gasteiger partial charge in [0.2, 0.25) is 0 Å². The smallest absolute Gasteiger partial charge is 0.0671 e. The molecule has 51 heavy (non-hydrogen) atoms. The molecule has 5 aromatic rings. The van der Waals surface area contributed by atoms with E-state index < -0.39 is 0 Å². The lowest BCUT2D eigenvalue weighted by molar-refractivity contribution is 0.640. The van der Waals surface area contributed by atoms with Crippen molar-refractivity contribution >= 4 is 56.5 Å². The maximum absolute atomic E-state index is 5.07. The fourth-order valence-corrected chi connectivity index (χ4v) is 7.78. The molecule has 0 radical (unpaired) electrons. The van der Waals surface area contributed by atoms with Crippen LogP contribution in [0.5, 0.6) is 0 Å². The lowest BCUT2D eigenvalue weighted by Crippen LogP contribution is -2.15. The first-order valence-corrected chi connectivity index (χ1v) is 17.9. The Morgan fingerprint density at radius 3 is 2.33 bits per heavy atom. The molecular formula is C49H46N2. The highest BCUT2D eigenvalue weighted by Crippen LogP contribution is 2.49. The number of allylic oxidation sites excluding steroid dienone is 10. The van der Waals surface area contributed by atoms with E-state index in [1.807, 2.05) is 30.4 Å². The van der Waals surface area contributed by atoms with Crippen molar-refractivity contribution in [3.05, 3.63) is 180 Å². The van der Waals surface area contributed by atoms with Crippen molar-refractivity contribution in [2.24, 2.45) is 4.99 Å². The maximum Gasteiger partial charge on any atom is 0.0671 e. The molecule has 1 heterocycles. The summed E-state index contributed by atoms with van der Waals surface area (Å²) in [6.07, 6.45) is 19.0. The van der Waals surface area contributed by atoms with Gasteiger partial charge in [-0.15, -0.1) is 0 Å². The summed E-state index contributed by atoms with van der Waals surface area (Å²) in [4.78, 5) is 5.07. The molecule has 0 amide bonds. The second-order valence-corrected chi connectivity index (χ2v) is 14.1. The van der Waals surface area contributed by atoms with Crippen molar-refractivity contribution in [1.82, 2.24) is 4.57 Å². The van der Waals surface area contributed by atoms with Crippen molar-refractivity contribution < 1.29 is 0 Å². The third-order valence-corrected chi connectivity index (χ3v) is 10.8. The summed E-state index contributed by atoms with van der Waals surface area (Å²) in [5.41, 5.74) is 17.2. The Bertz CT molecular complexity index is 2430. The van der Waals surface area contributed by atoms with Crippen molar-refractivity contribution in [1.29, 1.82) is 0 Å². The molecule has 0 fully saturated rings. The summed E-state index contributed by atoms with van der Waals surface area (Å²) >= 11 is 0. The molecule has 0 spiro atoms. The Balaban J connectivity index is 1.37. The highest BCUT2D eigenvalue weighted by Gasteiger charge is 2.35. The normalized spacial score (nSPS) is 15.9. The number of aliphatic imine (C=N–C) groups is 1. The first-order chi connectivity index (χ1) is 24.7. The van der Waals surface area contributed by atoms with E-state index >= 15 is 0 Å². The van der Waals surface area contributed by atoms with Crippen LogP contribution in [0.1, 0.15) is 80.8 Å². The van der Waals surface area contributed by atoms with Crippen LogP contribution in [0, 0.1) is 0 Å². The first-order valence-electron chi connectivity index (χ1n) is 17.9. The molecule has 7 rings (SSSR count). The van der Waals surface area contributed by atoms with Gasteiger partial charge in [0, 0.05) is 21.9 Å². The molecule has 4 aromatic carbocycles. The van der Waals surface area contributed by atoms with Gasteiger partial charge in [0.1, 0.15) is 0 Å². The van der Waals surface area contributed by atoms with Crippen LogP contribution in [-0.4, -0.2) is 10.3 Å². The van der Waals surface area contributed by atoms with E-state index in [0.717, 1.165) is 52.2 Å². The van der Waals surface area contributed by atoms with Crippen LogP contribution >= 0.6 is 0 Å². The molecule has 2 heteroatoms. The Labute approximate surface area is 303 Å². The summed E-state index contributed by atoms with van der Waals surface area (Å²) in [6.45, 7) is 23.9. The minimum atomic E-state index is -0.0912. The minimum Gasteiger partial charge on any atom is -0.309 e. The number of hydrogen-bond donors (Lipinski definition) is 0. The molecule has 0 unspecified atom stereocenters. The Morgan fingerprint density at radius 1 is 0.902 bits per heavy atom. The third kappa shape index (κ3) is 5.85. The van der Waals surface area contributed by atoms with Crippen LogP contribution in [0.4, 0.5) is 0 Å². The van der Waals surface area contributed by atoms with Gasteiger partial charge >= 0.3 is 0 Å². The summed E-state index contributed by atoms with van der Waals surface area (Å²) in [5, 5.41) is 2.45. The Kier molecular flexibility index (Phi) is 8.95. The number of fused-ring (bicyclic) bond motifs is 4. The Morgan fingerprint density at radius 2 is 1.67 bits per heavy atom. The molecule has 0 bridgehead atoms. The third-order valence-electron chi connectivity index (χ3n) is 10.8. The molecule has 252 valence electrons. The quantitative estimate of drug-likeness (QED) is 0.140. The van der Waals surface area contributed by atoms with Crippen LogP contribution in [0.3, 0.4) is 0 Å². The molecular weight excluding hydrogens is 617 g/mol. The lowest BCUT2D eigenvalue weighted by atomic mass is 9.81. The molecule has 2 aliphatic rings. The van der Waals surface area contributed by atoms with E-state index in [4.69, 9.17) is 4.99 Å². The van der Waals surface area contributed by atoms with Gasteiger partial charge in [-0.25, -0.2) is 4.99 Å². The highest BCUT2D eigenvalue weighted by molar-refractivity contribution is 6.16. The zero-order chi connectivity index (χ0) is 35.9. The second kappa shape index (κ2) is 13.5. The number of rotatable bonds is 9. The van der Waals surface area contributed by atoms with E-state index in [2.05, 4.69) is 156 Å². The van der Waals surface area contributed by atoms with Gasteiger partial charge in [-0.3, -0.25) is 0 Å². The van der Waals surface area contributed by atoms with E-state index in [1.165, 1.54) is 55.2 Å². The zero-order valence-electron chi connectivity index (χ0n) is 30.6. The highest BCUT2D eigenvalue weighted by atomic mass is 15.0. The maximum atomic E-state index is 5.07. The number of benzene rings is 4. The average Bonchev–Trinajstić information content (AvgIpc) is 3.57. The fourth-order valence-electron chi connectivity index (χ4n) is 7.78. The summed E-state index contributed by atoms with van der Waals surface area (Å²) in [6, 6.07) is 28.5. The molecule has 2 nitrogen and oxygen atoms in total. The van der Waals surface area contributed by atoms with Crippen LogP contribution in [0.2, 0.25) is 0 Å². The minimum absolute atomic E-state index is 0.0912. The largest absolute Gasteiger partial charge is 0.309 e. The molecule has 2 aliphatic carbocycles. The molecule has 0 atom stereocenters. The zero-order valence-corrected chi connectivity index (χ0v) is 30.6. The number of nitrogens with zero attached hydrogens (tertiary/aromatic N) is 2. The van der Waals surface area contributed by atoms with Gasteiger partial charge in [0.15, 0.2) is 0 Å². The van der Waals surface area contributed by atoms with Crippen molar-refractivity contribution in [2.45, 2.75) is 52.9 Å². The topological polar surface area (TPSA) is 17.3 Å². The predicted octanol–water partition coefficient (Wildman–Crippen LogP) is 13.5. The molecule has 0 saturated carbocycles. The predicted molar refractivity (Wildman–Crippen MR) is 224 cm³/mol. The van der Waals surface area contributed by atoms with Crippen molar-refractivity contribution in [3.63, 3.8) is 0 Å². The monoisotopic (exact) mass is 662 g/mol. The van der Waals surface area contributed by atoms with Gasteiger partial charge in [-0.2, -0.15) is 0 Å². The lowest BCUT2D eigenvalue weighted by Gasteiger charge is -2.22. The van der Waals surface area contributed by atoms with Gasteiger partial charge in [-0.05, 0) is 120 Å². The number of hydrogen-bond acceptors (Lipinski definition) is 1. The fraction of sp³-hybridized carbons (Fsp3) is 0.163. The summed E-state index contributed by atoms with van der Waals surface area (Å²) in [5.74, 6) is 0. The van der Waals surface area contributed by atoms with Gasteiger partial charge in [0.05, 0.1) is 22.4 Å². The first kappa shape index (κ1) is 33.8. The van der Waals surface area contributed by atoms with Crippen molar-refractivity contribution in [3.8, 4) is 5.69 Å². The molecule has 0 aliphatic heterocycles. The van der Waals surface area contributed by atoms with Gasteiger partial charge < -0.3 is 4.57 Å². The summed E-state index contributed by atoms with van der Waals surface area (Å²) < 4.78 is 2.42. The van der Waals surface area contributed by atoms with Gasteiger partial charge in [0.25, 0.3) is 0 Å². The number of aromatic nitrogens is 1. The van der Waals surface area contributed by atoms with Crippen LogP contribution < -0.4 is 0 Å². The van der Waals surface area contributed by atoms with Crippen LogP contribution in [0.25, 0.3) is 56.5 Å². The molecule has 1 aromatic heterocycles.